The van der Waals surface area contributed by atoms with Crippen LogP contribution in [0, 0.1) is 6.92 Å². The molecule has 83 heavy (non-hydrogen) atoms. The van der Waals surface area contributed by atoms with Crippen molar-refractivity contribution < 1.29 is 0 Å². The molecule has 0 amide bonds. The topological polar surface area (TPSA) is 6.48 Å². The number of rotatable bonds is 3. The molecular weight excluding hydrogens is 1020 g/mol. The number of hydrogen-bond acceptors (Lipinski definition) is 3. The lowest BCUT2D eigenvalue weighted by Crippen LogP contribution is -2.61. The third-order valence-corrected chi connectivity index (χ3v) is 25.5. The van der Waals surface area contributed by atoms with E-state index in [-0.39, 0.29) is 60.9 Å². The van der Waals surface area contributed by atoms with Gasteiger partial charge in [-0.05, 0) is 274 Å². The third kappa shape index (κ3) is 8.03. The number of anilines is 6. The van der Waals surface area contributed by atoms with Crippen LogP contribution in [0.1, 0.15) is 264 Å². The van der Waals surface area contributed by atoms with Crippen LogP contribution >= 0.6 is 11.3 Å². The van der Waals surface area contributed by atoms with Crippen molar-refractivity contribution in [3.05, 3.63) is 146 Å². The molecule has 0 bridgehead atoms. The molecule has 0 saturated carbocycles. The second-order valence-electron chi connectivity index (χ2n) is 34.7. The largest absolute Gasteiger partial charge is 0.311 e. The fraction of sp³-hybridized carbons (Fsp3) is 0.519. The zero-order valence-corrected chi connectivity index (χ0v) is 55.9. The minimum atomic E-state index is 0.00886. The molecule has 5 aliphatic carbocycles. The lowest BCUT2D eigenvalue weighted by atomic mass is 9.33. The first kappa shape index (κ1) is 55.8. The van der Waals surface area contributed by atoms with Gasteiger partial charge >= 0.3 is 0 Å². The Bertz CT molecular complexity index is 3970. The van der Waals surface area contributed by atoms with Gasteiger partial charge in [0.05, 0.1) is 5.00 Å². The first-order valence-corrected chi connectivity index (χ1v) is 33.3. The average Bonchev–Trinajstić information content (AvgIpc) is 1.70. The Balaban J connectivity index is 1.16. The highest BCUT2D eigenvalue weighted by atomic mass is 32.1. The van der Waals surface area contributed by atoms with Gasteiger partial charge in [0.15, 0.2) is 0 Å². The number of fused-ring (bicyclic) bond motifs is 11. The van der Waals surface area contributed by atoms with Gasteiger partial charge in [-0.1, -0.05) is 169 Å². The first-order chi connectivity index (χ1) is 38.4. The number of benzene rings is 6. The molecule has 6 aromatic carbocycles. The summed E-state index contributed by atoms with van der Waals surface area (Å²) < 4.78 is 1.43. The molecule has 2 nitrogen and oxygen atoms in total. The number of hydrogen-bond donors (Lipinski definition) is 0. The van der Waals surface area contributed by atoms with Crippen LogP contribution in [-0.4, -0.2) is 6.71 Å². The minimum absolute atomic E-state index is 0.00886. The van der Waals surface area contributed by atoms with E-state index < -0.39 is 0 Å². The summed E-state index contributed by atoms with van der Waals surface area (Å²) in [7, 11) is 0. The van der Waals surface area contributed by atoms with Crippen molar-refractivity contribution in [1.82, 2.24) is 0 Å². The normalized spacial score (nSPS) is 23.2. The molecule has 7 aromatic rings. The Hall–Kier alpha value is -5.06. The number of thiophene rings is 1. The van der Waals surface area contributed by atoms with E-state index >= 15 is 0 Å². The second kappa shape index (κ2) is 17.1. The van der Waals surface area contributed by atoms with Crippen molar-refractivity contribution >= 4 is 78.0 Å². The van der Waals surface area contributed by atoms with E-state index in [1.165, 1.54) is 180 Å². The Morgan fingerprint density at radius 2 is 0.699 bits per heavy atom. The van der Waals surface area contributed by atoms with Crippen LogP contribution in [0.4, 0.5) is 33.4 Å². The maximum absolute atomic E-state index is 2.82. The van der Waals surface area contributed by atoms with Gasteiger partial charge in [-0.3, -0.25) is 0 Å². The van der Waals surface area contributed by atoms with Crippen LogP contribution in [-0.2, 0) is 54.1 Å². The molecule has 3 heterocycles. The molecule has 7 aliphatic rings. The summed E-state index contributed by atoms with van der Waals surface area (Å²) in [6.07, 6.45) is 11.9. The second-order valence-corrected chi connectivity index (χ2v) is 35.7. The maximum Gasteiger partial charge on any atom is 0.254 e. The molecule has 0 N–H and O–H groups in total. The fourth-order valence-corrected chi connectivity index (χ4v) is 19.1. The monoisotopic (exact) mass is 1120 g/mol. The van der Waals surface area contributed by atoms with Crippen molar-refractivity contribution in [2.75, 3.05) is 9.80 Å². The lowest BCUT2D eigenvalue weighted by Gasteiger charge is -2.48. The van der Waals surface area contributed by atoms with Gasteiger partial charge < -0.3 is 9.80 Å². The predicted octanol–water partition coefficient (Wildman–Crippen LogP) is 20.7. The van der Waals surface area contributed by atoms with Crippen LogP contribution in [0.2, 0.25) is 0 Å². The molecule has 0 atom stereocenters. The van der Waals surface area contributed by atoms with E-state index in [1.807, 2.05) is 0 Å². The van der Waals surface area contributed by atoms with Crippen molar-refractivity contribution in [2.45, 2.75) is 264 Å². The minimum Gasteiger partial charge on any atom is -0.311 e. The smallest absolute Gasteiger partial charge is 0.254 e. The highest BCUT2D eigenvalue weighted by Gasteiger charge is 2.51. The SMILES string of the molecule is Cc1cc2c(cc1-c1cc3c4c(c1)N(c1ccc5c(c1)C(C)(C)CCC5(C)C)c1sc5cc6c(cc5c1B4c1cc4c(cc1N3c1ccc3c(c1)C(C)(C)CCC3(C)C)C(C)(C)CCC4(C)C)C(C)(C)CCC6(C)C)C(C)(C)CCC2(C)C. The first-order valence-electron chi connectivity index (χ1n) is 32.5. The summed E-state index contributed by atoms with van der Waals surface area (Å²) in [5, 5.41) is 2.85. The molecule has 0 saturated heterocycles. The van der Waals surface area contributed by atoms with Gasteiger partial charge in [0.1, 0.15) is 0 Å². The predicted molar refractivity (Wildman–Crippen MR) is 362 cm³/mol. The molecule has 14 rings (SSSR count). The van der Waals surface area contributed by atoms with Gasteiger partial charge in [0.25, 0.3) is 6.71 Å². The summed E-state index contributed by atoms with van der Waals surface area (Å²) >= 11 is 2.08. The molecule has 0 radical (unpaired) electrons. The van der Waals surface area contributed by atoms with Gasteiger partial charge in [-0.2, -0.15) is 0 Å². The van der Waals surface area contributed by atoms with Crippen LogP contribution < -0.4 is 26.2 Å². The fourth-order valence-electron chi connectivity index (χ4n) is 17.8. The summed E-state index contributed by atoms with van der Waals surface area (Å²) in [6.45, 7) is 52.6. The van der Waals surface area contributed by atoms with Gasteiger partial charge in [0, 0.05) is 33.1 Å². The van der Waals surface area contributed by atoms with Crippen molar-refractivity contribution in [3.8, 4) is 11.1 Å². The summed E-state index contributed by atoms with van der Waals surface area (Å²) in [6, 6.07) is 37.1. The number of nitrogens with zero attached hydrogens (tertiary/aromatic N) is 2. The van der Waals surface area contributed by atoms with E-state index in [2.05, 4.69) is 251 Å². The average molecular weight is 1120 g/mol. The molecule has 0 unspecified atom stereocenters. The van der Waals surface area contributed by atoms with E-state index in [0.29, 0.717) is 0 Å². The quantitative estimate of drug-likeness (QED) is 0.163. The Morgan fingerprint density at radius 1 is 0.337 bits per heavy atom. The standard InChI is InChI=1S/C79H97BN2S/c1-46-36-54-57(75(12,13)31-30-72(54,6)7)41-50(46)47-37-64-68-65(38-47)82(49-23-25-53-56(40-49)74(10,11)29-27-71(53,4)5)69-67(51-42-58-61(45-66(51)83-69)79(20,21)35-32-76(58,14)15)80(68)62-43-59-60(78(18,19)34-33-77(59,16)17)44-63(62)81(64)48-22-24-52-55(39-48)73(8,9)28-26-70(52,2)3/h22-25,36-45H,26-35H2,1-21H3. The van der Waals surface area contributed by atoms with Crippen LogP contribution in [0.5, 0.6) is 0 Å². The van der Waals surface area contributed by atoms with Crippen molar-refractivity contribution in [3.63, 3.8) is 0 Å². The van der Waals surface area contributed by atoms with Gasteiger partial charge in [-0.15, -0.1) is 11.3 Å². The molecule has 432 valence electrons. The highest BCUT2D eigenvalue weighted by molar-refractivity contribution is 7.26. The lowest BCUT2D eigenvalue weighted by molar-refractivity contribution is 0.332. The van der Waals surface area contributed by atoms with Crippen LogP contribution in [0.3, 0.4) is 0 Å². The van der Waals surface area contributed by atoms with Crippen LogP contribution in [0.25, 0.3) is 21.2 Å². The van der Waals surface area contributed by atoms with E-state index in [4.69, 9.17) is 0 Å². The zero-order chi connectivity index (χ0) is 59.3. The third-order valence-electron chi connectivity index (χ3n) is 24.3. The van der Waals surface area contributed by atoms with Gasteiger partial charge in [-0.25, -0.2) is 0 Å². The van der Waals surface area contributed by atoms with Crippen molar-refractivity contribution in [1.29, 1.82) is 0 Å². The van der Waals surface area contributed by atoms with Gasteiger partial charge in [0.2, 0.25) is 0 Å². The summed E-state index contributed by atoms with van der Waals surface area (Å²) in [4.78, 5) is 5.63. The maximum atomic E-state index is 2.82. The molecule has 4 heteroatoms. The Kier molecular flexibility index (Phi) is 11.5. The van der Waals surface area contributed by atoms with E-state index in [0.717, 1.165) is 0 Å². The summed E-state index contributed by atoms with van der Waals surface area (Å²) in [5.74, 6) is 0. The van der Waals surface area contributed by atoms with E-state index in [1.54, 1.807) is 16.7 Å². The molecule has 0 spiro atoms. The highest BCUT2D eigenvalue weighted by Crippen LogP contribution is 2.58. The van der Waals surface area contributed by atoms with Crippen LogP contribution in [0.15, 0.2) is 84.9 Å². The van der Waals surface area contributed by atoms with E-state index in [9.17, 15) is 0 Å². The Morgan fingerprint density at radius 3 is 1.17 bits per heavy atom. The molecule has 0 fully saturated rings. The van der Waals surface area contributed by atoms with Crippen molar-refractivity contribution in [2.24, 2.45) is 0 Å². The molecule has 1 aromatic heterocycles. The summed E-state index contributed by atoms with van der Waals surface area (Å²) in [5.41, 5.74) is 31.1. The zero-order valence-electron chi connectivity index (χ0n) is 55.0. The molecular formula is C79H97BN2S. The molecule has 2 aliphatic heterocycles. The number of aryl methyl sites for hydroxylation is 1. The Labute approximate surface area is 505 Å².